The zero-order chi connectivity index (χ0) is 31.4. The number of hydrogen-bond acceptors (Lipinski definition) is 6. The summed E-state index contributed by atoms with van der Waals surface area (Å²) in [6.45, 7) is 8.67. The van der Waals surface area contributed by atoms with E-state index in [1.165, 1.54) is 5.56 Å². The maximum atomic E-state index is 6.49. The number of benzene rings is 3. The molecule has 8 rings (SSSR count). The molecule has 1 aliphatic heterocycles. The van der Waals surface area contributed by atoms with E-state index in [0.29, 0.717) is 17.3 Å². The van der Waals surface area contributed by atoms with Gasteiger partial charge >= 0.3 is 0 Å². The Balaban J connectivity index is 0.00000351. The molecule has 0 N–H and O–H groups in total. The molecule has 0 radical (unpaired) electrons. The predicted molar refractivity (Wildman–Crippen MR) is 184 cm³/mol. The molecule has 0 amide bonds. The van der Waals surface area contributed by atoms with Gasteiger partial charge in [-0.3, -0.25) is 4.98 Å². The number of pyridine rings is 3. The SMILES string of the molecule is CN1[CH-]N(c2[c-]c(Oc3[c-]c4c(cc3)c3ccccc3n4-c3cc(C(C)(C)C)ccn3)nc(-c3ccccn3)c2)c2ccccc21.[Pt]. The van der Waals surface area contributed by atoms with Gasteiger partial charge in [0.05, 0.1) is 5.69 Å². The van der Waals surface area contributed by atoms with Gasteiger partial charge in [-0.1, -0.05) is 62.7 Å². The molecule has 0 fully saturated rings. The molecule has 0 bridgehead atoms. The van der Waals surface area contributed by atoms with Crippen molar-refractivity contribution in [3.8, 4) is 28.8 Å². The number of ether oxygens (including phenoxy) is 1. The van der Waals surface area contributed by atoms with Crippen LogP contribution >= 0.6 is 0 Å². The van der Waals surface area contributed by atoms with Crippen LogP contribution in [0, 0.1) is 18.8 Å². The van der Waals surface area contributed by atoms with Crippen LogP contribution in [0.15, 0.2) is 109 Å². The monoisotopic (exact) mass is 794 g/mol. The van der Waals surface area contributed by atoms with Gasteiger partial charge in [-0.15, -0.1) is 17.5 Å². The number of anilines is 3. The normalized spacial score (nSPS) is 12.8. The van der Waals surface area contributed by atoms with Gasteiger partial charge < -0.3 is 19.1 Å². The third-order valence-corrected chi connectivity index (χ3v) is 8.33. The summed E-state index contributed by atoms with van der Waals surface area (Å²) >= 11 is 0. The zero-order valence-electron chi connectivity index (χ0n) is 26.4. The van der Waals surface area contributed by atoms with Crippen LogP contribution < -0.4 is 14.5 Å². The Kier molecular flexibility index (Phi) is 7.81. The van der Waals surface area contributed by atoms with Gasteiger partial charge in [-0.2, -0.15) is 30.6 Å². The van der Waals surface area contributed by atoms with Crippen molar-refractivity contribution in [2.45, 2.75) is 26.2 Å². The molecule has 47 heavy (non-hydrogen) atoms. The number of hydrogen-bond donors (Lipinski definition) is 0. The summed E-state index contributed by atoms with van der Waals surface area (Å²) < 4.78 is 8.65. The molecular weight excluding hydrogens is 764 g/mol. The minimum Gasteiger partial charge on any atom is -0.504 e. The second kappa shape index (κ2) is 12.0. The Bertz CT molecular complexity index is 2240. The van der Waals surface area contributed by atoms with Crippen molar-refractivity contribution in [3.63, 3.8) is 0 Å². The van der Waals surface area contributed by atoms with Gasteiger partial charge in [-0.05, 0) is 65.9 Å². The third-order valence-electron chi connectivity index (χ3n) is 8.33. The van der Waals surface area contributed by atoms with Crippen LogP contribution in [0.25, 0.3) is 39.0 Å². The summed E-state index contributed by atoms with van der Waals surface area (Å²) in [6, 6.07) is 39.6. The Hall–Kier alpha value is -5.00. The molecule has 0 unspecified atom stereocenters. The van der Waals surface area contributed by atoms with E-state index in [4.69, 9.17) is 14.7 Å². The Morgan fingerprint density at radius 2 is 1.53 bits per heavy atom. The first-order valence-corrected chi connectivity index (χ1v) is 15.3. The molecule has 5 heterocycles. The maximum absolute atomic E-state index is 6.49. The van der Waals surface area contributed by atoms with Crippen LogP contribution in [0.4, 0.5) is 17.1 Å². The summed E-state index contributed by atoms with van der Waals surface area (Å²) in [4.78, 5) is 18.4. The quantitative estimate of drug-likeness (QED) is 0.162. The Morgan fingerprint density at radius 1 is 0.745 bits per heavy atom. The van der Waals surface area contributed by atoms with Gasteiger partial charge in [0.1, 0.15) is 11.7 Å². The smallest absolute Gasteiger partial charge is 0.135 e. The standard InChI is InChI=1S/C39H31N6O.Pt/c1-39(2,3)26-18-20-41-37(21-26)45-33-13-6-5-11-29(33)30-17-16-28(24-36(30)45)46-38-23-27(22-32(42-38)31-12-9-10-19-40-31)44-25-43(4)34-14-7-8-15-35(34)44;/h5-22,25H,1-4H3;/q-3;. The first-order valence-electron chi connectivity index (χ1n) is 15.3. The van der Waals surface area contributed by atoms with Crippen molar-refractivity contribution in [3.05, 3.63) is 134 Å². The minimum absolute atomic E-state index is 0. The molecule has 0 saturated heterocycles. The number of fused-ring (bicyclic) bond motifs is 4. The van der Waals surface area contributed by atoms with E-state index in [1.54, 1.807) is 6.20 Å². The van der Waals surface area contributed by atoms with E-state index >= 15 is 0 Å². The van der Waals surface area contributed by atoms with Crippen LogP contribution in [0.1, 0.15) is 26.3 Å². The topological polar surface area (TPSA) is 59.3 Å². The summed E-state index contributed by atoms with van der Waals surface area (Å²) in [6.07, 6.45) is 3.65. The molecule has 0 spiro atoms. The Morgan fingerprint density at radius 3 is 2.34 bits per heavy atom. The molecule has 7 nitrogen and oxygen atoms in total. The summed E-state index contributed by atoms with van der Waals surface area (Å²) in [5.41, 5.74) is 7.49. The van der Waals surface area contributed by atoms with Crippen molar-refractivity contribution >= 4 is 38.9 Å². The summed E-state index contributed by atoms with van der Waals surface area (Å²) in [5.74, 6) is 1.69. The van der Waals surface area contributed by atoms with Gasteiger partial charge in [0.2, 0.25) is 0 Å². The predicted octanol–water partition coefficient (Wildman–Crippen LogP) is 9.03. The molecule has 0 saturated carbocycles. The van der Waals surface area contributed by atoms with Gasteiger partial charge in [0.15, 0.2) is 0 Å². The average Bonchev–Trinajstić information content (AvgIpc) is 3.59. The molecule has 8 heteroatoms. The fourth-order valence-corrected chi connectivity index (χ4v) is 6.01. The van der Waals surface area contributed by atoms with Crippen molar-refractivity contribution in [1.29, 1.82) is 0 Å². The van der Waals surface area contributed by atoms with Crippen LogP contribution in [0.2, 0.25) is 0 Å². The summed E-state index contributed by atoms with van der Waals surface area (Å²) in [7, 11) is 2.03. The van der Waals surface area contributed by atoms with Crippen molar-refractivity contribution in [1.82, 2.24) is 19.5 Å². The molecule has 4 aromatic heterocycles. The van der Waals surface area contributed by atoms with E-state index in [1.807, 2.05) is 62.4 Å². The minimum atomic E-state index is -0.0195. The van der Waals surface area contributed by atoms with Gasteiger partial charge in [-0.25, -0.2) is 9.97 Å². The van der Waals surface area contributed by atoms with E-state index in [9.17, 15) is 0 Å². The van der Waals surface area contributed by atoms with Crippen molar-refractivity contribution in [2.24, 2.45) is 0 Å². The van der Waals surface area contributed by atoms with Crippen LogP contribution in [-0.2, 0) is 26.5 Å². The number of aromatic nitrogens is 4. The zero-order valence-corrected chi connectivity index (χ0v) is 28.6. The van der Waals surface area contributed by atoms with Crippen molar-refractivity contribution in [2.75, 3.05) is 16.8 Å². The van der Waals surface area contributed by atoms with Crippen LogP contribution in [0.3, 0.4) is 0 Å². The Labute approximate surface area is 288 Å². The maximum Gasteiger partial charge on any atom is 0.135 e. The van der Waals surface area contributed by atoms with E-state index in [-0.39, 0.29) is 26.5 Å². The van der Waals surface area contributed by atoms with Crippen LogP contribution in [-0.4, -0.2) is 26.6 Å². The van der Waals surface area contributed by atoms with E-state index in [0.717, 1.165) is 50.4 Å². The molecule has 7 aromatic rings. The molecular formula is C39H31N6OPt-3. The number of nitrogens with zero attached hydrogens (tertiary/aromatic N) is 6. The first kappa shape index (κ1) is 30.6. The molecule has 236 valence electrons. The second-order valence-corrected chi connectivity index (χ2v) is 12.4. The average molecular weight is 795 g/mol. The molecule has 3 aromatic carbocycles. The largest absolute Gasteiger partial charge is 0.504 e. The molecule has 1 aliphatic rings. The van der Waals surface area contributed by atoms with Crippen molar-refractivity contribution < 1.29 is 25.8 Å². The fraction of sp³-hybridized carbons (Fsp3) is 0.128. The number of rotatable bonds is 5. The van der Waals surface area contributed by atoms with Gasteiger partial charge in [0.25, 0.3) is 0 Å². The van der Waals surface area contributed by atoms with Crippen LogP contribution in [0.5, 0.6) is 11.6 Å². The number of para-hydroxylation sites is 3. The molecule has 0 aliphatic carbocycles. The first-order chi connectivity index (χ1) is 22.3. The fourth-order valence-electron chi connectivity index (χ4n) is 6.01. The van der Waals surface area contributed by atoms with Gasteiger partial charge in [0, 0.05) is 61.8 Å². The summed E-state index contributed by atoms with van der Waals surface area (Å²) in [5, 5.41) is 2.19. The second-order valence-electron chi connectivity index (χ2n) is 12.4. The third kappa shape index (κ3) is 5.55. The van der Waals surface area contributed by atoms with E-state index < -0.39 is 0 Å². The van der Waals surface area contributed by atoms with E-state index in [2.05, 4.69) is 107 Å². The molecule has 0 atom stereocenters.